The zero-order valence-corrected chi connectivity index (χ0v) is 16.2. The summed E-state index contributed by atoms with van der Waals surface area (Å²) in [4.78, 5) is 7.20. The number of hydrogen-bond acceptors (Lipinski definition) is 4. The molecule has 3 heterocycles. The number of imidazole rings is 1. The molecule has 0 unspecified atom stereocenters. The van der Waals surface area contributed by atoms with Gasteiger partial charge in [0.25, 0.3) is 0 Å². The van der Waals surface area contributed by atoms with Crippen LogP contribution in [0.2, 0.25) is 0 Å². The highest BCUT2D eigenvalue weighted by atomic mass is 16.5. The van der Waals surface area contributed by atoms with E-state index in [1.54, 1.807) is 0 Å². The molecule has 0 aliphatic carbocycles. The van der Waals surface area contributed by atoms with Gasteiger partial charge in [-0.2, -0.15) is 5.10 Å². The molecule has 1 fully saturated rings. The predicted molar refractivity (Wildman–Crippen MR) is 98.9 cm³/mol. The van der Waals surface area contributed by atoms with E-state index in [4.69, 9.17) is 9.72 Å². The van der Waals surface area contributed by atoms with Gasteiger partial charge in [0.05, 0.1) is 31.5 Å². The Bertz CT molecular complexity index is 696. The number of aryl methyl sites for hydroxylation is 2. The van der Waals surface area contributed by atoms with Crippen LogP contribution in [-0.2, 0) is 16.7 Å². The van der Waals surface area contributed by atoms with E-state index in [-0.39, 0.29) is 5.41 Å². The molecule has 1 saturated heterocycles. The highest BCUT2D eigenvalue weighted by molar-refractivity contribution is 5.10. The fourth-order valence-electron chi connectivity index (χ4n) is 3.78. The van der Waals surface area contributed by atoms with E-state index in [1.807, 2.05) is 13.1 Å². The molecule has 6 heteroatoms. The highest BCUT2D eigenvalue weighted by Gasteiger charge is 2.30. The number of hydrogen-bond donors (Lipinski definition) is 0. The molecule has 25 heavy (non-hydrogen) atoms. The van der Waals surface area contributed by atoms with Crippen molar-refractivity contribution in [2.75, 3.05) is 32.8 Å². The normalized spacial score (nSPS) is 17.8. The fourth-order valence-corrected chi connectivity index (χ4v) is 3.78. The number of ether oxygens (including phenoxy) is 1. The molecular weight excluding hydrogens is 314 g/mol. The van der Waals surface area contributed by atoms with Gasteiger partial charge in [-0.05, 0) is 26.8 Å². The molecule has 0 amide bonds. The second-order valence-electron chi connectivity index (χ2n) is 7.89. The molecular formula is C19H31N5O. The van der Waals surface area contributed by atoms with Gasteiger partial charge in [0, 0.05) is 43.1 Å². The van der Waals surface area contributed by atoms with Crippen LogP contribution in [0.5, 0.6) is 0 Å². The molecule has 0 aromatic carbocycles. The lowest BCUT2D eigenvalue weighted by molar-refractivity contribution is 0.0285. The molecule has 0 saturated carbocycles. The maximum Gasteiger partial charge on any atom is 0.115 e. The van der Waals surface area contributed by atoms with Crippen LogP contribution in [-0.4, -0.2) is 57.1 Å². The summed E-state index contributed by atoms with van der Waals surface area (Å²) in [5, 5.41) is 4.61. The minimum Gasteiger partial charge on any atom is -0.379 e. The van der Waals surface area contributed by atoms with E-state index < -0.39 is 0 Å². The number of nitrogens with zero attached hydrogens (tertiary/aromatic N) is 5. The van der Waals surface area contributed by atoms with Gasteiger partial charge in [-0.3, -0.25) is 9.58 Å². The molecule has 3 rings (SSSR count). The lowest BCUT2D eigenvalue weighted by Crippen LogP contribution is -2.44. The van der Waals surface area contributed by atoms with E-state index in [2.05, 4.69) is 59.2 Å². The molecule has 1 aliphatic rings. The lowest BCUT2D eigenvalue weighted by Gasteiger charge is -2.35. The molecule has 0 N–H and O–H groups in total. The molecule has 0 spiro atoms. The maximum atomic E-state index is 5.47. The van der Waals surface area contributed by atoms with Crippen molar-refractivity contribution in [3.63, 3.8) is 0 Å². The SMILES string of the molecule is Cc1cc(C)n(C[C@H](C)n2ccnc2C(C)(C)CN2CCOCC2)n1. The van der Waals surface area contributed by atoms with Gasteiger partial charge >= 0.3 is 0 Å². The summed E-state index contributed by atoms with van der Waals surface area (Å²) < 4.78 is 9.89. The Labute approximate surface area is 150 Å². The molecule has 2 aromatic rings. The van der Waals surface area contributed by atoms with Crippen LogP contribution >= 0.6 is 0 Å². The third-order valence-corrected chi connectivity index (χ3v) is 5.01. The standard InChI is InChI=1S/C19H31N5O/c1-15-12-16(2)24(21-15)13-17(3)23-7-6-20-18(23)19(4,5)14-22-8-10-25-11-9-22/h6-7,12,17H,8-11,13-14H2,1-5H3/t17-/m0/s1. The van der Waals surface area contributed by atoms with Crippen molar-refractivity contribution in [2.24, 2.45) is 0 Å². The first-order valence-corrected chi connectivity index (χ1v) is 9.21. The Morgan fingerprint density at radius 1 is 1.24 bits per heavy atom. The van der Waals surface area contributed by atoms with Crippen molar-refractivity contribution in [1.29, 1.82) is 0 Å². The smallest absolute Gasteiger partial charge is 0.115 e. The van der Waals surface area contributed by atoms with E-state index in [0.717, 1.165) is 50.9 Å². The number of aromatic nitrogens is 4. The van der Waals surface area contributed by atoms with Crippen LogP contribution in [0, 0.1) is 13.8 Å². The quantitative estimate of drug-likeness (QED) is 0.807. The Morgan fingerprint density at radius 2 is 1.96 bits per heavy atom. The summed E-state index contributed by atoms with van der Waals surface area (Å²) in [7, 11) is 0. The van der Waals surface area contributed by atoms with Crippen molar-refractivity contribution >= 4 is 0 Å². The van der Waals surface area contributed by atoms with E-state index >= 15 is 0 Å². The van der Waals surface area contributed by atoms with Gasteiger partial charge < -0.3 is 9.30 Å². The van der Waals surface area contributed by atoms with Crippen LogP contribution in [0.4, 0.5) is 0 Å². The first-order valence-electron chi connectivity index (χ1n) is 9.21. The first-order chi connectivity index (χ1) is 11.9. The van der Waals surface area contributed by atoms with Crippen LogP contribution in [0.15, 0.2) is 18.5 Å². The van der Waals surface area contributed by atoms with E-state index in [9.17, 15) is 0 Å². The largest absolute Gasteiger partial charge is 0.379 e. The number of rotatable bonds is 6. The van der Waals surface area contributed by atoms with Crippen LogP contribution in [0.25, 0.3) is 0 Å². The molecule has 2 aromatic heterocycles. The van der Waals surface area contributed by atoms with Gasteiger partial charge in [0.2, 0.25) is 0 Å². The zero-order chi connectivity index (χ0) is 18.0. The summed E-state index contributed by atoms with van der Waals surface area (Å²) >= 11 is 0. The summed E-state index contributed by atoms with van der Waals surface area (Å²) in [5.74, 6) is 1.15. The van der Waals surface area contributed by atoms with E-state index in [1.165, 1.54) is 5.69 Å². The minimum absolute atomic E-state index is 0.00974. The Hall–Kier alpha value is -1.66. The predicted octanol–water partition coefficient (Wildman–Crippen LogP) is 2.57. The van der Waals surface area contributed by atoms with Gasteiger partial charge in [0.1, 0.15) is 5.82 Å². The topological polar surface area (TPSA) is 48.1 Å². The summed E-state index contributed by atoms with van der Waals surface area (Å²) in [6.45, 7) is 16.5. The molecule has 6 nitrogen and oxygen atoms in total. The summed E-state index contributed by atoms with van der Waals surface area (Å²) in [6, 6.07) is 2.43. The van der Waals surface area contributed by atoms with E-state index in [0.29, 0.717) is 6.04 Å². The average molecular weight is 345 g/mol. The first kappa shape index (κ1) is 18.1. The lowest BCUT2D eigenvalue weighted by atomic mass is 9.91. The van der Waals surface area contributed by atoms with Crippen LogP contribution < -0.4 is 0 Å². The maximum absolute atomic E-state index is 5.47. The molecule has 0 radical (unpaired) electrons. The second-order valence-corrected chi connectivity index (χ2v) is 7.89. The Kier molecular flexibility index (Phi) is 5.29. The van der Waals surface area contributed by atoms with Gasteiger partial charge in [0.15, 0.2) is 0 Å². The van der Waals surface area contributed by atoms with Crippen molar-refractivity contribution < 1.29 is 4.74 Å². The zero-order valence-electron chi connectivity index (χ0n) is 16.2. The minimum atomic E-state index is -0.00974. The summed E-state index contributed by atoms with van der Waals surface area (Å²) in [6.07, 6.45) is 4.03. The van der Waals surface area contributed by atoms with Crippen molar-refractivity contribution in [3.05, 3.63) is 35.7 Å². The van der Waals surface area contributed by atoms with Crippen LogP contribution in [0.3, 0.4) is 0 Å². The molecule has 138 valence electrons. The Balaban J connectivity index is 1.75. The third-order valence-electron chi connectivity index (χ3n) is 5.01. The molecule has 1 atom stereocenters. The monoisotopic (exact) mass is 345 g/mol. The average Bonchev–Trinajstić information content (AvgIpc) is 3.15. The third kappa shape index (κ3) is 4.12. The van der Waals surface area contributed by atoms with Gasteiger partial charge in [-0.1, -0.05) is 13.8 Å². The van der Waals surface area contributed by atoms with Crippen molar-refractivity contribution in [3.8, 4) is 0 Å². The van der Waals surface area contributed by atoms with Gasteiger partial charge in [-0.25, -0.2) is 4.98 Å². The van der Waals surface area contributed by atoms with Crippen molar-refractivity contribution in [1.82, 2.24) is 24.2 Å². The molecule has 0 bridgehead atoms. The molecule has 1 aliphatic heterocycles. The number of morpholine rings is 1. The summed E-state index contributed by atoms with van der Waals surface area (Å²) in [5.41, 5.74) is 2.27. The van der Waals surface area contributed by atoms with Gasteiger partial charge in [-0.15, -0.1) is 0 Å². The van der Waals surface area contributed by atoms with Crippen molar-refractivity contribution in [2.45, 2.75) is 52.6 Å². The fraction of sp³-hybridized carbons (Fsp3) is 0.684. The second kappa shape index (κ2) is 7.30. The van der Waals surface area contributed by atoms with Crippen LogP contribution in [0.1, 0.15) is 44.0 Å². The highest BCUT2D eigenvalue weighted by Crippen LogP contribution is 2.26. The Morgan fingerprint density at radius 3 is 2.60 bits per heavy atom.